The minimum Gasteiger partial charge on any atom is -0.462 e. The van der Waals surface area contributed by atoms with Crippen LogP contribution in [0, 0.1) is 12.8 Å². The van der Waals surface area contributed by atoms with Crippen molar-refractivity contribution in [1.82, 2.24) is 0 Å². The molecule has 2 aromatic rings. The molecule has 0 saturated heterocycles. The maximum atomic E-state index is 12.0. The van der Waals surface area contributed by atoms with Gasteiger partial charge in [0.25, 0.3) is 0 Å². The molecule has 0 aliphatic heterocycles. The van der Waals surface area contributed by atoms with Gasteiger partial charge in [-0.3, -0.25) is 4.79 Å². The number of benzene rings is 2. The monoisotopic (exact) mass is 337 g/mol. The quantitative estimate of drug-likeness (QED) is 0.625. The third kappa shape index (κ3) is 6.26. The topological polar surface area (TPSA) is 55.4 Å². The van der Waals surface area contributed by atoms with Crippen LogP contribution < -0.4 is 5.32 Å². The normalized spacial score (nSPS) is 10.9. The van der Waals surface area contributed by atoms with Gasteiger partial charge < -0.3 is 10.1 Å². The van der Waals surface area contributed by atoms with Crippen LogP contribution in [0.5, 0.6) is 0 Å². The molecule has 0 aliphatic rings. The number of nitrogens with one attached hydrogen (secondary N) is 1. The Balaban J connectivity index is 1.90. The van der Waals surface area contributed by atoms with E-state index in [-0.39, 0.29) is 11.9 Å². The van der Waals surface area contributed by atoms with E-state index in [1.54, 1.807) is 30.3 Å². The first-order chi connectivity index (χ1) is 11.9. The fraction of sp³-hybridized carbons (Fsp3) is 0.238. The van der Waals surface area contributed by atoms with E-state index < -0.39 is 0 Å². The van der Waals surface area contributed by atoms with Gasteiger partial charge in [0.15, 0.2) is 0 Å². The summed E-state index contributed by atoms with van der Waals surface area (Å²) in [4.78, 5) is 23.8. The molecular formula is C21H23NO3. The van der Waals surface area contributed by atoms with E-state index in [1.165, 1.54) is 11.6 Å². The van der Waals surface area contributed by atoms with Crippen molar-refractivity contribution in [2.75, 3.05) is 11.9 Å². The highest BCUT2D eigenvalue weighted by Crippen LogP contribution is 2.12. The first-order valence-corrected chi connectivity index (χ1v) is 8.27. The number of amides is 1. The summed E-state index contributed by atoms with van der Waals surface area (Å²) in [6.07, 6.45) is 3.24. The van der Waals surface area contributed by atoms with Crippen molar-refractivity contribution >= 4 is 23.6 Å². The van der Waals surface area contributed by atoms with E-state index in [0.29, 0.717) is 23.8 Å². The van der Waals surface area contributed by atoms with Gasteiger partial charge in [-0.15, -0.1) is 0 Å². The van der Waals surface area contributed by atoms with Gasteiger partial charge >= 0.3 is 5.97 Å². The first-order valence-electron chi connectivity index (χ1n) is 8.27. The summed E-state index contributed by atoms with van der Waals surface area (Å²) in [6, 6.07) is 14.5. The van der Waals surface area contributed by atoms with Gasteiger partial charge in [-0.1, -0.05) is 43.7 Å². The maximum absolute atomic E-state index is 12.0. The lowest BCUT2D eigenvalue weighted by atomic mass is 10.1. The number of anilines is 1. The molecule has 0 unspecified atom stereocenters. The van der Waals surface area contributed by atoms with Crippen LogP contribution in [-0.4, -0.2) is 18.5 Å². The molecule has 4 heteroatoms. The highest BCUT2D eigenvalue weighted by atomic mass is 16.5. The van der Waals surface area contributed by atoms with Crippen LogP contribution in [0.1, 0.15) is 35.3 Å². The largest absolute Gasteiger partial charge is 0.462 e. The molecule has 0 aromatic heterocycles. The summed E-state index contributed by atoms with van der Waals surface area (Å²) in [5, 5.41) is 2.76. The van der Waals surface area contributed by atoms with Crippen molar-refractivity contribution in [3.05, 3.63) is 71.3 Å². The number of aryl methyl sites for hydroxylation is 1. The van der Waals surface area contributed by atoms with Crippen LogP contribution in [0.25, 0.3) is 6.08 Å². The number of esters is 1. The third-order valence-electron chi connectivity index (χ3n) is 3.44. The van der Waals surface area contributed by atoms with E-state index in [4.69, 9.17) is 4.74 Å². The average Bonchev–Trinajstić information content (AvgIpc) is 2.60. The third-order valence-corrected chi connectivity index (χ3v) is 3.44. The van der Waals surface area contributed by atoms with Crippen LogP contribution >= 0.6 is 0 Å². The Morgan fingerprint density at radius 2 is 1.68 bits per heavy atom. The minimum atomic E-state index is -0.356. The highest BCUT2D eigenvalue weighted by molar-refractivity contribution is 6.02. The molecule has 0 saturated carbocycles. The van der Waals surface area contributed by atoms with E-state index in [0.717, 1.165) is 5.56 Å². The molecule has 2 rings (SSSR count). The molecule has 25 heavy (non-hydrogen) atoms. The van der Waals surface area contributed by atoms with Crippen molar-refractivity contribution in [3.63, 3.8) is 0 Å². The lowest BCUT2D eigenvalue weighted by molar-refractivity contribution is -0.111. The molecule has 0 radical (unpaired) electrons. The summed E-state index contributed by atoms with van der Waals surface area (Å²) in [6.45, 7) is 6.37. The molecule has 0 fully saturated rings. The van der Waals surface area contributed by atoms with Crippen molar-refractivity contribution in [3.8, 4) is 0 Å². The molecule has 4 nitrogen and oxygen atoms in total. The molecule has 0 spiro atoms. The second-order valence-electron chi connectivity index (χ2n) is 6.30. The lowest BCUT2D eigenvalue weighted by Gasteiger charge is -2.08. The average molecular weight is 337 g/mol. The molecule has 1 amide bonds. The van der Waals surface area contributed by atoms with Crippen LogP contribution in [0.4, 0.5) is 5.69 Å². The van der Waals surface area contributed by atoms with Crippen molar-refractivity contribution < 1.29 is 14.3 Å². The van der Waals surface area contributed by atoms with E-state index in [2.05, 4.69) is 5.32 Å². The Kier molecular flexibility index (Phi) is 6.52. The van der Waals surface area contributed by atoms with Gasteiger partial charge in [0.05, 0.1) is 12.2 Å². The van der Waals surface area contributed by atoms with Gasteiger partial charge in [0.1, 0.15) is 0 Å². The van der Waals surface area contributed by atoms with E-state index in [9.17, 15) is 9.59 Å². The number of carbonyl (C=O) groups excluding carboxylic acids is 2. The molecule has 0 aliphatic carbocycles. The van der Waals surface area contributed by atoms with Crippen molar-refractivity contribution in [1.29, 1.82) is 0 Å². The fourth-order valence-corrected chi connectivity index (χ4v) is 2.05. The van der Waals surface area contributed by atoms with Gasteiger partial charge in [0.2, 0.25) is 5.91 Å². The van der Waals surface area contributed by atoms with Gasteiger partial charge in [-0.25, -0.2) is 4.79 Å². The Morgan fingerprint density at radius 3 is 2.28 bits per heavy atom. The SMILES string of the molecule is Cc1ccc(C=CC(=O)Nc2ccc(C(=O)OCC(C)C)cc2)cc1. The molecule has 0 bridgehead atoms. The Bertz CT molecular complexity index is 744. The van der Waals surface area contributed by atoms with Gasteiger partial charge in [0, 0.05) is 11.8 Å². The second-order valence-corrected chi connectivity index (χ2v) is 6.30. The lowest BCUT2D eigenvalue weighted by Crippen LogP contribution is -2.11. The minimum absolute atomic E-state index is 0.226. The van der Waals surface area contributed by atoms with Crippen LogP contribution in [0.2, 0.25) is 0 Å². The summed E-state index contributed by atoms with van der Waals surface area (Å²) >= 11 is 0. The number of hydrogen-bond acceptors (Lipinski definition) is 3. The molecular weight excluding hydrogens is 314 g/mol. The first kappa shape index (κ1) is 18.5. The van der Waals surface area contributed by atoms with Crippen LogP contribution in [0.3, 0.4) is 0 Å². The zero-order valence-electron chi connectivity index (χ0n) is 14.8. The van der Waals surface area contributed by atoms with Gasteiger partial charge in [-0.05, 0) is 48.7 Å². The smallest absolute Gasteiger partial charge is 0.338 e. The zero-order valence-corrected chi connectivity index (χ0v) is 14.8. The number of carbonyl (C=O) groups is 2. The summed E-state index contributed by atoms with van der Waals surface area (Å²) in [5.41, 5.74) is 3.23. The Morgan fingerprint density at radius 1 is 1.04 bits per heavy atom. The standard InChI is InChI=1S/C21H23NO3/c1-15(2)14-25-21(24)18-9-11-19(12-10-18)22-20(23)13-8-17-6-4-16(3)5-7-17/h4-13,15H,14H2,1-3H3,(H,22,23). The van der Waals surface area contributed by atoms with Crippen molar-refractivity contribution in [2.24, 2.45) is 5.92 Å². The summed E-state index contributed by atoms with van der Waals surface area (Å²) in [7, 11) is 0. The highest BCUT2D eigenvalue weighted by Gasteiger charge is 2.08. The second kappa shape index (κ2) is 8.83. The van der Waals surface area contributed by atoms with Crippen LogP contribution in [0.15, 0.2) is 54.6 Å². The molecule has 130 valence electrons. The molecule has 0 atom stereocenters. The summed E-state index contributed by atoms with van der Waals surface area (Å²) in [5.74, 6) is -0.288. The fourth-order valence-electron chi connectivity index (χ4n) is 2.05. The summed E-state index contributed by atoms with van der Waals surface area (Å²) < 4.78 is 5.17. The predicted molar refractivity (Wildman–Crippen MR) is 100 cm³/mol. The number of rotatable bonds is 6. The zero-order chi connectivity index (χ0) is 18.2. The number of hydrogen-bond donors (Lipinski definition) is 1. The Labute approximate surface area is 148 Å². The van der Waals surface area contributed by atoms with Crippen LogP contribution in [-0.2, 0) is 9.53 Å². The van der Waals surface area contributed by atoms with Gasteiger partial charge in [-0.2, -0.15) is 0 Å². The number of ether oxygens (including phenoxy) is 1. The van der Waals surface area contributed by atoms with E-state index >= 15 is 0 Å². The van der Waals surface area contributed by atoms with Crippen molar-refractivity contribution in [2.45, 2.75) is 20.8 Å². The molecule has 1 N–H and O–H groups in total. The Hall–Kier alpha value is -2.88. The van der Waals surface area contributed by atoms with E-state index in [1.807, 2.05) is 45.0 Å². The molecule has 2 aromatic carbocycles. The molecule has 0 heterocycles. The predicted octanol–water partition coefficient (Wildman–Crippen LogP) is 4.46. The maximum Gasteiger partial charge on any atom is 0.338 e.